The minimum Gasteiger partial charge on any atom is -0.476 e. The summed E-state index contributed by atoms with van der Waals surface area (Å²) in [6.07, 6.45) is 4.07. The third kappa shape index (κ3) is 2.80. The highest BCUT2D eigenvalue weighted by molar-refractivity contribution is 7.91. The summed E-state index contributed by atoms with van der Waals surface area (Å²) >= 11 is 0.826. The minimum atomic E-state index is -3.79. The van der Waals surface area contributed by atoms with E-state index < -0.39 is 21.7 Å². The zero-order valence-electron chi connectivity index (χ0n) is 10.5. The average molecular weight is 304 g/mol. The van der Waals surface area contributed by atoms with E-state index in [4.69, 9.17) is 5.11 Å². The number of hydrogen-bond donors (Lipinski definition) is 2. The third-order valence-electron chi connectivity index (χ3n) is 3.78. The van der Waals surface area contributed by atoms with Gasteiger partial charge in [0.05, 0.1) is 5.51 Å². The number of nitrogens with zero attached hydrogens (tertiary/aromatic N) is 1. The molecule has 0 radical (unpaired) electrons. The molecule has 1 saturated carbocycles. The quantitative estimate of drug-likeness (QED) is 0.834. The third-order valence-corrected chi connectivity index (χ3v) is 6.55. The van der Waals surface area contributed by atoms with Crippen molar-refractivity contribution in [2.24, 2.45) is 5.41 Å². The molecule has 1 heterocycles. The number of carboxylic acid groups (broad SMARTS) is 1. The first-order chi connectivity index (χ1) is 8.90. The van der Waals surface area contributed by atoms with E-state index in [1.54, 1.807) is 0 Å². The van der Waals surface area contributed by atoms with Crippen molar-refractivity contribution in [3.8, 4) is 0 Å². The van der Waals surface area contributed by atoms with E-state index in [9.17, 15) is 13.2 Å². The molecule has 0 aromatic carbocycles. The molecule has 0 aliphatic heterocycles. The topological polar surface area (TPSA) is 96.4 Å². The van der Waals surface area contributed by atoms with Gasteiger partial charge < -0.3 is 5.11 Å². The van der Waals surface area contributed by atoms with Crippen molar-refractivity contribution in [2.45, 2.75) is 36.8 Å². The van der Waals surface area contributed by atoms with Gasteiger partial charge >= 0.3 is 5.97 Å². The van der Waals surface area contributed by atoms with Crippen molar-refractivity contribution in [2.75, 3.05) is 6.54 Å². The van der Waals surface area contributed by atoms with Gasteiger partial charge in [-0.05, 0) is 24.7 Å². The first-order valence-electron chi connectivity index (χ1n) is 6.07. The Morgan fingerprint density at radius 2 is 2.26 bits per heavy atom. The predicted molar refractivity (Wildman–Crippen MR) is 70.8 cm³/mol. The van der Waals surface area contributed by atoms with Crippen LogP contribution in [0.1, 0.15) is 43.1 Å². The molecule has 1 aliphatic carbocycles. The molecule has 1 fully saturated rings. The molecule has 0 saturated heterocycles. The van der Waals surface area contributed by atoms with Crippen LogP contribution in [0.2, 0.25) is 0 Å². The minimum absolute atomic E-state index is 0.0428. The molecule has 0 amide bonds. The van der Waals surface area contributed by atoms with Gasteiger partial charge in [-0.1, -0.05) is 13.3 Å². The molecule has 0 atom stereocenters. The summed E-state index contributed by atoms with van der Waals surface area (Å²) in [5, 5.41) is 8.90. The number of thiazole rings is 1. The van der Waals surface area contributed by atoms with Gasteiger partial charge in [0.1, 0.15) is 0 Å². The summed E-state index contributed by atoms with van der Waals surface area (Å²) in [7, 11) is -3.79. The van der Waals surface area contributed by atoms with E-state index in [0.717, 1.165) is 37.0 Å². The lowest BCUT2D eigenvalue weighted by Crippen LogP contribution is -2.41. The molecular formula is C11H16N2O4S2. The molecular weight excluding hydrogens is 288 g/mol. The molecule has 19 heavy (non-hydrogen) atoms. The molecule has 1 aromatic heterocycles. The maximum atomic E-state index is 12.1. The Morgan fingerprint density at radius 3 is 2.74 bits per heavy atom. The lowest BCUT2D eigenvalue weighted by molar-refractivity contribution is 0.0687. The Kier molecular flexibility index (Phi) is 3.93. The number of hydrogen-bond acceptors (Lipinski definition) is 5. The molecule has 0 unspecified atom stereocenters. The highest BCUT2D eigenvalue weighted by Gasteiger charge is 2.37. The normalized spacial score (nSPS) is 17.9. The number of aromatic carboxylic acids is 1. The van der Waals surface area contributed by atoms with E-state index >= 15 is 0 Å². The van der Waals surface area contributed by atoms with E-state index in [0.29, 0.717) is 6.54 Å². The van der Waals surface area contributed by atoms with Crippen LogP contribution in [0.25, 0.3) is 0 Å². The summed E-state index contributed by atoms with van der Waals surface area (Å²) in [5.41, 5.74) is 0.870. The molecule has 1 aliphatic rings. The number of rotatable bonds is 6. The first-order valence-corrected chi connectivity index (χ1v) is 8.43. The Labute approximate surface area is 115 Å². The highest BCUT2D eigenvalue weighted by Crippen LogP contribution is 2.43. The monoisotopic (exact) mass is 304 g/mol. The van der Waals surface area contributed by atoms with Crippen LogP contribution < -0.4 is 4.72 Å². The van der Waals surface area contributed by atoms with Gasteiger partial charge in [0.25, 0.3) is 10.0 Å². The van der Waals surface area contributed by atoms with Crippen molar-refractivity contribution in [1.82, 2.24) is 9.71 Å². The predicted octanol–water partition coefficient (Wildman–Crippen LogP) is 1.70. The van der Waals surface area contributed by atoms with Crippen LogP contribution in [0.15, 0.2) is 9.72 Å². The van der Waals surface area contributed by atoms with Crippen molar-refractivity contribution in [3.05, 3.63) is 11.2 Å². The zero-order chi connectivity index (χ0) is 14.1. The van der Waals surface area contributed by atoms with Crippen LogP contribution in [-0.2, 0) is 10.0 Å². The second kappa shape index (κ2) is 5.18. The molecule has 2 rings (SSSR count). The highest BCUT2D eigenvalue weighted by atomic mass is 32.2. The van der Waals surface area contributed by atoms with Crippen LogP contribution in [0.4, 0.5) is 0 Å². The number of carboxylic acids is 1. The van der Waals surface area contributed by atoms with Crippen molar-refractivity contribution >= 4 is 27.3 Å². The molecule has 0 spiro atoms. The smallest absolute Gasteiger partial charge is 0.356 e. The van der Waals surface area contributed by atoms with Gasteiger partial charge in [-0.15, -0.1) is 11.3 Å². The van der Waals surface area contributed by atoms with Crippen molar-refractivity contribution in [1.29, 1.82) is 0 Å². The van der Waals surface area contributed by atoms with Gasteiger partial charge in [0.15, 0.2) is 9.90 Å². The van der Waals surface area contributed by atoms with E-state index in [1.165, 1.54) is 5.51 Å². The van der Waals surface area contributed by atoms with Gasteiger partial charge in [-0.25, -0.2) is 22.9 Å². The Hall–Kier alpha value is -0.990. The molecule has 0 bridgehead atoms. The van der Waals surface area contributed by atoms with Crippen LogP contribution in [0, 0.1) is 5.41 Å². The zero-order valence-corrected chi connectivity index (χ0v) is 12.2. The fourth-order valence-corrected chi connectivity index (χ4v) is 4.55. The SMILES string of the molecule is CCC1(CNS(=O)(=O)c2scnc2C(=O)O)CCC1. The van der Waals surface area contributed by atoms with Gasteiger partial charge in [-0.3, -0.25) is 0 Å². The number of sulfonamides is 1. The summed E-state index contributed by atoms with van der Waals surface area (Å²) in [4.78, 5) is 14.5. The van der Waals surface area contributed by atoms with E-state index in [2.05, 4.69) is 9.71 Å². The Balaban J connectivity index is 2.14. The summed E-state index contributed by atoms with van der Waals surface area (Å²) in [6.45, 7) is 2.41. The van der Waals surface area contributed by atoms with E-state index in [-0.39, 0.29) is 9.62 Å². The maximum absolute atomic E-state index is 12.1. The summed E-state index contributed by atoms with van der Waals surface area (Å²) in [6, 6.07) is 0. The lowest BCUT2D eigenvalue weighted by Gasteiger charge is -2.41. The molecule has 2 N–H and O–H groups in total. The Morgan fingerprint density at radius 1 is 1.58 bits per heavy atom. The van der Waals surface area contributed by atoms with Crippen molar-refractivity contribution in [3.63, 3.8) is 0 Å². The first kappa shape index (κ1) is 14.4. The number of aromatic nitrogens is 1. The van der Waals surface area contributed by atoms with Crippen LogP contribution in [0.5, 0.6) is 0 Å². The van der Waals surface area contributed by atoms with E-state index in [1.807, 2.05) is 6.92 Å². The second-order valence-corrected chi connectivity index (χ2v) is 7.64. The Bertz CT molecular complexity index is 570. The van der Waals surface area contributed by atoms with Gasteiger partial charge in [-0.2, -0.15) is 0 Å². The van der Waals surface area contributed by atoms with Gasteiger partial charge in [0.2, 0.25) is 0 Å². The van der Waals surface area contributed by atoms with Crippen LogP contribution in [-0.4, -0.2) is 31.0 Å². The second-order valence-electron chi connectivity index (χ2n) is 4.83. The molecule has 6 nitrogen and oxygen atoms in total. The average Bonchev–Trinajstić information content (AvgIpc) is 2.77. The molecule has 8 heteroatoms. The summed E-state index contributed by atoms with van der Waals surface area (Å²) < 4.78 is 26.5. The fourth-order valence-electron chi connectivity index (χ4n) is 2.21. The summed E-state index contributed by atoms with van der Waals surface area (Å²) in [5.74, 6) is -1.32. The van der Waals surface area contributed by atoms with Crippen LogP contribution >= 0.6 is 11.3 Å². The standard InChI is InChI=1S/C11H16N2O4S2/c1-2-11(4-3-5-11)6-13-19(16,17)10-8(9(14)15)12-7-18-10/h7,13H,2-6H2,1H3,(H,14,15). The van der Waals surface area contributed by atoms with Crippen LogP contribution in [0.3, 0.4) is 0 Å². The largest absolute Gasteiger partial charge is 0.476 e. The number of nitrogens with one attached hydrogen (secondary N) is 1. The maximum Gasteiger partial charge on any atom is 0.356 e. The molecule has 1 aromatic rings. The molecule has 106 valence electrons. The number of carbonyl (C=O) groups is 1. The van der Waals surface area contributed by atoms with Crippen molar-refractivity contribution < 1.29 is 18.3 Å². The fraction of sp³-hybridized carbons (Fsp3) is 0.636. The van der Waals surface area contributed by atoms with Gasteiger partial charge in [0, 0.05) is 6.54 Å². The lowest BCUT2D eigenvalue weighted by atomic mass is 9.67.